The van der Waals surface area contributed by atoms with Gasteiger partial charge in [0.25, 0.3) is 0 Å². The molecule has 10 rings (SSSR count). The van der Waals surface area contributed by atoms with Crippen molar-refractivity contribution in [3.05, 3.63) is 180 Å². The molecular weight excluding hydrogens is 1170 g/mol. The molecule has 15 heteroatoms. The number of thiol groups is 1. The van der Waals surface area contributed by atoms with Gasteiger partial charge >= 0.3 is 0 Å². The molecule has 0 radical (unpaired) electrons. The van der Waals surface area contributed by atoms with E-state index in [1.165, 1.54) is 87.7 Å². The molecule has 0 amide bonds. The molecule has 0 unspecified atom stereocenters. The highest BCUT2D eigenvalue weighted by Gasteiger charge is 2.14. The fraction of sp³-hybridized carbons (Fsp3) is 0.258. The van der Waals surface area contributed by atoms with Crippen LogP contribution < -0.4 is 45.5 Å². The minimum absolute atomic E-state index is 0. The Morgan fingerprint density at radius 3 is 1.43 bits per heavy atom. The first-order chi connectivity index (χ1) is 36.4. The summed E-state index contributed by atoms with van der Waals surface area (Å²) in [6, 6.07) is 52.3. The molecule has 10 aromatic rings. The minimum Gasteiger partial charge on any atom is -1.00 e. The summed E-state index contributed by atoms with van der Waals surface area (Å²) < 4.78 is 39.7. The van der Waals surface area contributed by atoms with E-state index in [-0.39, 0.29) is 51.5 Å². The van der Waals surface area contributed by atoms with E-state index in [0.29, 0.717) is 39.6 Å². The van der Waals surface area contributed by atoms with E-state index in [1.54, 1.807) is 14.2 Å². The van der Waals surface area contributed by atoms with Crippen molar-refractivity contribution in [3.8, 4) is 0 Å². The van der Waals surface area contributed by atoms with Gasteiger partial charge < -0.3 is 64.5 Å². The third-order valence-corrected chi connectivity index (χ3v) is 12.8. The van der Waals surface area contributed by atoms with Crippen LogP contribution in [0.25, 0.3) is 89.7 Å². The Hall–Kier alpha value is -4.95. The number of rotatable bonds is 18. The van der Waals surface area contributed by atoms with Gasteiger partial charge in [-0.3, -0.25) is 4.57 Å². The van der Waals surface area contributed by atoms with E-state index in [4.69, 9.17) is 23.5 Å². The van der Waals surface area contributed by atoms with E-state index in [9.17, 15) is 0 Å². The molecule has 404 valence electrons. The van der Waals surface area contributed by atoms with Crippen molar-refractivity contribution in [2.45, 2.75) is 40.4 Å². The van der Waals surface area contributed by atoms with Crippen LogP contribution in [0.15, 0.2) is 158 Å². The molecule has 0 saturated carbocycles. The molecule has 0 aliphatic carbocycles. The Morgan fingerprint density at radius 1 is 0.558 bits per heavy atom. The van der Waals surface area contributed by atoms with Crippen molar-refractivity contribution in [1.29, 1.82) is 0 Å². The zero-order valence-electron chi connectivity index (χ0n) is 43.7. The number of nitrogens with zero attached hydrogens (tertiary/aromatic N) is 4. The number of hydrogen-bond donors (Lipinski definition) is 1. The molecule has 0 aliphatic rings. The van der Waals surface area contributed by atoms with Crippen LogP contribution in [0.5, 0.6) is 0 Å². The van der Waals surface area contributed by atoms with Crippen LogP contribution in [-0.4, -0.2) is 69.7 Å². The van der Waals surface area contributed by atoms with Gasteiger partial charge in [0.2, 0.25) is 18.7 Å². The van der Waals surface area contributed by atoms with Gasteiger partial charge in [0, 0.05) is 102 Å². The summed E-state index contributed by atoms with van der Waals surface area (Å²) in [5, 5.41) is 7.64. The topological polar surface area (TPSA) is 71.6 Å². The molecule has 6 aromatic carbocycles. The van der Waals surface area contributed by atoms with E-state index in [2.05, 4.69) is 239 Å². The average Bonchev–Trinajstić information content (AvgIpc) is 3.93. The lowest BCUT2D eigenvalue weighted by atomic mass is 10.1. The number of hydrogen-bond acceptors (Lipinski definition) is 6. The maximum absolute atomic E-state index is 8.77. The van der Waals surface area contributed by atoms with E-state index in [0.717, 1.165) is 33.4 Å². The van der Waals surface area contributed by atoms with Crippen molar-refractivity contribution in [2.75, 3.05) is 60.5 Å². The van der Waals surface area contributed by atoms with Gasteiger partial charge in [0.05, 0.1) is 50.4 Å². The Balaban J connectivity index is 0.000000292. The second-order valence-corrected chi connectivity index (χ2v) is 19.5. The molecule has 9 nitrogen and oxygen atoms in total. The highest BCUT2D eigenvalue weighted by Crippen LogP contribution is 2.32. The van der Waals surface area contributed by atoms with E-state index in [1.807, 2.05) is 6.66 Å². The standard InChI is InChI=1S/C31H33N2O2.C29H29N2O2.CH3PS.CH4.ClH.HI.HOPS/c1-3-17-32-18-16-25(26-8-4-6-10-29(26)32)14-12-24-13-15-31-28(23-24)27-9-5-7-11-30(27)33(31)19-20-35-22-21-34-2;1-30-16-15-23(24-7-3-5-9-27(24)30)13-11-22-12-14-29-26(21-22)25-8-4-6-10-28(25)31(29)17-18-33-20-19-32-2;1-2-3;;;;1-2-3/h4-16,18,23H,3,17,19-22H2,1-2H3;3-16,21H,17-20H2,1-2H3;1H3;1H4;2*1H;(H,1,3)/q2*+1;;;;;/p-2. The number of benzene rings is 6. The van der Waals surface area contributed by atoms with Crippen LogP contribution in [0, 0.1) is 0 Å². The van der Waals surface area contributed by atoms with Crippen LogP contribution in [0.4, 0.5) is 0 Å². The highest BCUT2D eigenvalue weighted by molar-refractivity contribution is 8.33. The van der Waals surface area contributed by atoms with Crippen molar-refractivity contribution in [2.24, 2.45) is 7.05 Å². The fourth-order valence-electron chi connectivity index (χ4n) is 9.43. The number of halogens is 2. The van der Waals surface area contributed by atoms with Crippen LogP contribution in [0.2, 0.25) is 0 Å². The van der Waals surface area contributed by atoms with Gasteiger partial charge in [0.1, 0.15) is 13.6 Å². The molecular formula is C62H70ClIN4O5P2S2. The lowest BCUT2D eigenvalue weighted by Crippen LogP contribution is -3.00. The molecule has 4 aromatic heterocycles. The van der Waals surface area contributed by atoms with Gasteiger partial charge in [-0.25, -0.2) is 4.57 Å². The van der Waals surface area contributed by atoms with Gasteiger partial charge in [0.15, 0.2) is 12.4 Å². The lowest BCUT2D eigenvalue weighted by molar-refractivity contribution is -0.671. The average molecular weight is 1240 g/mol. The van der Waals surface area contributed by atoms with Gasteiger partial charge in [-0.15, -0.1) is 0 Å². The molecule has 0 spiro atoms. The summed E-state index contributed by atoms with van der Waals surface area (Å²) in [6.45, 7) is 10.6. The van der Waals surface area contributed by atoms with Crippen molar-refractivity contribution in [1.82, 2.24) is 9.13 Å². The third kappa shape index (κ3) is 16.8. The first-order valence-electron chi connectivity index (χ1n) is 24.9. The Morgan fingerprint density at radius 2 is 0.961 bits per heavy atom. The number of para-hydroxylation sites is 4. The van der Waals surface area contributed by atoms with Crippen LogP contribution in [0.3, 0.4) is 0 Å². The normalized spacial score (nSPS) is 11.1. The zero-order valence-corrected chi connectivity index (χ0v) is 50.1. The van der Waals surface area contributed by atoms with Crippen LogP contribution >= 0.6 is 27.3 Å². The van der Waals surface area contributed by atoms with Crippen LogP contribution in [0.1, 0.15) is 43.0 Å². The first kappa shape index (κ1) is 64.6. The summed E-state index contributed by atoms with van der Waals surface area (Å²) in [6.07, 6.45) is 14.3. The third-order valence-electron chi connectivity index (χ3n) is 12.8. The molecule has 0 aliphatic heterocycles. The predicted octanol–water partition coefficient (Wildman–Crippen LogP) is 8.88. The van der Waals surface area contributed by atoms with Crippen molar-refractivity contribution in [3.63, 3.8) is 0 Å². The maximum Gasteiger partial charge on any atom is 0.223 e. The number of aryl methyl sites for hydroxylation is 2. The largest absolute Gasteiger partial charge is 1.00 e. The Bertz CT molecular complexity index is 3530. The Labute approximate surface area is 491 Å². The number of methoxy groups -OCH3 is 2. The minimum atomic E-state index is -0.139. The summed E-state index contributed by atoms with van der Waals surface area (Å²) in [5.74, 6) is 0. The maximum atomic E-state index is 8.77. The molecule has 0 N–H and O–H groups in total. The summed E-state index contributed by atoms with van der Waals surface area (Å²) >= 11 is 7.57. The SMILES string of the molecule is C.CCC[n+]1ccc(/C=C/c2ccc3c(c2)c2ccccc2n3CCOCCOC)c2ccccc21.COCCOCCn1c2ccccc2c2cc(/C=C/c3cc[n+](C)c4ccccc34)ccc21.CP=S.O=PS.[Cl-].[I-]. The summed E-state index contributed by atoms with van der Waals surface area (Å²) in [5.41, 5.74) is 12.3. The first-order valence-corrected chi connectivity index (χ1v) is 29.2. The number of ether oxygens (including phenoxy) is 4. The second kappa shape index (κ2) is 34.1. The fourth-order valence-corrected chi connectivity index (χ4v) is 9.43. The number of pyridine rings is 2. The smallest absolute Gasteiger partial charge is 0.223 e. The molecule has 0 saturated heterocycles. The summed E-state index contributed by atoms with van der Waals surface area (Å²) in [7, 11) is 6.34. The highest BCUT2D eigenvalue weighted by atomic mass is 127. The van der Waals surface area contributed by atoms with Gasteiger partial charge in [-0.1, -0.05) is 136 Å². The monoisotopic (exact) mass is 1240 g/mol. The molecule has 77 heavy (non-hydrogen) atoms. The Kier molecular flexibility index (Phi) is 28.6. The second-order valence-electron chi connectivity index (χ2n) is 17.4. The number of fused-ring (bicyclic) bond motifs is 8. The zero-order chi connectivity index (χ0) is 52.1. The number of aromatic nitrogens is 4. The van der Waals surface area contributed by atoms with Crippen molar-refractivity contribution >= 4 is 129 Å². The quantitative estimate of drug-likeness (QED) is 0.0305. The predicted molar refractivity (Wildman–Crippen MR) is 325 cm³/mol. The van der Waals surface area contributed by atoms with Gasteiger partial charge in [-0.2, -0.15) is 4.57 Å². The molecule has 0 atom stereocenters. The molecule has 0 bridgehead atoms. The molecule has 4 heterocycles. The van der Waals surface area contributed by atoms with E-state index >= 15 is 0 Å². The summed E-state index contributed by atoms with van der Waals surface area (Å²) in [4.78, 5) is 0. The molecule has 0 fully saturated rings. The van der Waals surface area contributed by atoms with Crippen molar-refractivity contribution < 1.29 is 69.0 Å². The van der Waals surface area contributed by atoms with Crippen LogP contribution in [-0.2, 0) is 62.0 Å². The lowest BCUT2D eigenvalue weighted by Gasteiger charge is -2.08. The van der Waals surface area contributed by atoms with Gasteiger partial charge in [-0.05, 0) is 84.8 Å². The van der Waals surface area contributed by atoms with E-state index < -0.39 is 0 Å².